The first-order chi connectivity index (χ1) is 55.9. The number of rotatable bonds is 13. The molecule has 8 aromatic carbocycles. The number of pyridine rings is 6. The third-order valence-corrected chi connectivity index (χ3v) is 21.0. The van der Waals surface area contributed by atoms with E-state index < -0.39 is 5.24 Å². The number of amides is 1. The third kappa shape index (κ3) is 16.3. The highest BCUT2D eigenvalue weighted by atomic mass is 127. The Morgan fingerprint density at radius 3 is 1.40 bits per heavy atom. The fraction of sp³-hybridized carbons (Fsp3) is 0.205. The molecule has 0 unspecified atom stereocenters. The van der Waals surface area contributed by atoms with Crippen molar-refractivity contribution in [3.8, 4) is 92.0 Å². The number of ether oxygens (including phenoxy) is 16. The van der Waals surface area contributed by atoms with E-state index in [9.17, 15) is 19.2 Å². The Kier molecular flexibility index (Phi) is 24.3. The van der Waals surface area contributed by atoms with E-state index in [0.717, 1.165) is 113 Å². The molecule has 115 heavy (non-hydrogen) atoms. The molecule has 0 fully saturated rings. The molecule has 19 rings (SSSR count). The van der Waals surface area contributed by atoms with Gasteiger partial charge in [-0.25, -0.2) is 0 Å². The normalized spacial score (nSPS) is 12.5. The zero-order valence-corrected chi connectivity index (χ0v) is 68.8. The molecule has 0 aliphatic carbocycles. The van der Waals surface area contributed by atoms with Crippen molar-refractivity contribution < 1.29 is 85.4 Å². The van der Waals surface area contributed by atoms with Gasteiger partial charge < -0.3 is 95.6 Å². The van der Waals surface area contributed by atoms with Crippen LogP contribution in [0, 0.1) is 7.14 Å². The van der Waals surface area contributed by atoms with Crippen LogP contribution in [-0.4, -0.2) is 130 Å². The molecule has 0 saturated carbocycles. The second-order valence-electron chi connectivity index (χ2n) is 25.0. The Bertz CT molecular complexity index is 6280. The van der Waals surface area contributed by atoms with Crippen LogP contribution in [0.3, 0.4) is 0 Å². The van der Waals surface area contributed by atoms with E-state index in [2.05, 4.69) is 59.8 Å². The Balaban J connectivity index is 0.000000118. The highest BCUT2D eigenvalue weighted by molar-refractivity contribution is 14.1. The number of nitrogens with one attached hydrogen (secondary N) is 2. The number of anilines is 2. The number of aryl methyl sites for hydroxylation is 1. The van der Waals surface area contributed by atoms with E-state index in [1.165, 1.54) is 20.3 Å². The van der Waals surface area contributed by atoms with Gasteiger partial charge in [-0.15, -0.1) is 0 Å². The van der Waals surface area contributed by atoms with Crippen molar-refractivity contribution in [1.82, 2.24) is 29.5 Å². The van der Waals surface area contributed by atoms with Crippen molar-refractivity contribution in [1.29, 1.82) is 0 Å². The van der Waals surface area contributed by atoms with Crippen LogP contribution in [0.2, 0.25) is 5.02 Å². The Morgan fingerprint density at radius 2 is 0.887 bits per heavy atom. The summed E-state index contributed by atoms with van der Waals surface area (Å²) in [5, 5.41) is 9.92. The number of H-pyrrole nitrogens is 1. The van der Waals surface area contributed by atoms with Crippen molar-refractivity contribution in [3.63, 3.8) is 0 Å². The number of carbonyl (C=O) groups is 2. The molecule has 5 aliphatic rings. The molecular weight excluding hydrogens is 1750 g/mol. The number of carbonyl (C=O) groups excluding carboxylic acids is 2. The quantitative estimate of drug-likeness (QED) is 0.0615. The number of nitrogens with zero attached hydrogens (tertiary/aromatic N) is 6. The zero-order valence-electron chi connectivity index (χ0n) is 63.0. The van der Waals surface area contributed by atoms with E-state index in [1.54, 1.807) is 117 Å². The van der Waals surface area contributed by atoms with Crippen LogP contribution in [-0.2, 0) is 6.54 Å². The average Bonchev–Trinajstić information content (AvgIpc) is 1.73. The lowest BCUT2D eigenvalue weighted by atomic mass is 10.0. The summed E-state index contributed by atoms with van der Waals surface area (Å²) < 4.78 is 88.5. The lowest BCUT2D eigenvalue weighted by Crippen LogP contribution is -2.31. The van der Waals surface area contributed by atoms with Gasteiger partial charge in [0.1, 0.15) is 0 Å². The van der Waals surface area contributed by atoms with Crippen LogP contribution in [0.5, 0.6) is 92.0 Å². The summed E-state index contributed by atoms with van der Waals surface area (Å²) in [5.74, 6) is 10.1. The standard InChI is InChI=1S/C21H19IN2O5.C21H18N2O5.C12H12N2O2.C10H6ClNO2.C10H7NO3.C9H8ClIO3/c1-4-24(21(25)12-7-17(26-2)18(27-3)9-14(12)22)16-5-6-23-15-10-20-19(8-13(15)16)28-11-29-20;1-4-23-20-13-7-18-19(28-10-27-18)8-15(13)22-9-14(20)11-5-16(25-2)17(26-3)6-12(11)21(23)24;1-2-13-9-3-4-14-10-6-12-11(5-8(9)10)15-7-16-12;11-7-1-2-12-8-4-10-9(3-6(7)8)13-5-14-10;12-8-1-2-11-7-4-10-9(3-6(7)8)13-5-14-10;1-13-7-3-5(9(10)12)6(11)4-8(7)14-2/h5-10H,4,11H2,1-3H3;5-9H,4,10H2,1-3H3;3-6H,2,7H2,1H3,(H,13,14);1-4H,5H2;1-4H,5H2,(H,11,12);3-4H,1-2H3. The van der Waals surface area contributed by atoms with E-state index in [4.69, 9.17) is 99.0 Å². The Hall–Kier alpha value is -12.1. The van der Waals surface area contributed by atoms with Crippen molar-refractivity contribution in [3.05, 3.63) is 196 Å². The van der Waals surface area contributed by atoms with Crippen LogP contribution < -0.4 is 97.0 Å². The van der Waals surface area contributed by atoms with E-state index in [1.807, 2.05) is 103 Å². The van der Waals surface area contributed by atoms with Crippen LogP contribution in [0.25, 0.3) is 76.2 Å². The average molecular weight is 1820 g/mol. The van der Waals surface area contributed by atoms with Crippen molar-refractivity contribution >= 4 is 167 Å². The first-order valence-corrected chi connectivity index (χ1v) is 38.3. The van der Waals surface area contributed by atoms with Crippen LogP contribution in [0.4, 0.5) is 11.4 Å². The van der Waals surface area contributed by atoms with Gasteiger partial charge in [0.05, 0.1) is 103 Å². The minimum atomic E-state index is -0.504. The summed E-state index contributed by atoms with van der Waals surface area (Å²) in [6.45, 7) is 8.99. The van der Waals surface area contributed by atoms with Crippen molar-refractivity contribution in [2.75, 3.05) is 99.9 Å². The second kappa shape index (κ2) is 35.1. The lowest BCUT2D eigenvalue weighted by Gasteiger charge is -2.24. The largest absolute Gasteiger partial charge is 0.493 e. The Labute approximate surface area is 692 Å². The first kappa shape index (κ1) is 79.5. The smallest absolute Gasteiger partial charge is 0.259 e. The molecule has 28 nitrogen and oxygen atoms in total. The molecule has 0 bridgehead atoms. The topological polar surface area (TPSA) is 304 Å². The van der Waals surface area contributed by atoms with Crippen molar-refractivity contribution in [2.24, 2.45) is 0 Å². The fourth-order valence-corrected chi connectivity index (χ4v) is 15.1. The number of benzene rings is 8. The van der Waals surface area contributed by atoms with Gasteiger partial charge in [0.2, 0.25) is 34.0 Å². The van der Waals surface area contributed by atoms with Gasteiger partial charge in [-0.1, -0.05) is 11.6 Å². The molecule has 0 atom stereocenters. The number of hydrogen-bond donors (Lipinski definition) is 2. The molecule has 5 aliphatic heterocycles. The molecule has 32 heteroatoms. The maximum absolute atomic E-state index is 13.5. The molecule has 6 aromatic heterocycles. The zero-order chi connectivity index (χ0) is 80.7. The van der Waals surface area contributed by atoms with Gasteiger partial charge in [0, 0.05) is 138 Å². The number of halogens is 4. The molecule has 1 amide bonds. The highest BCUT2D eigenvalue weighted by Gasteiger charge is 2.27. The molecule has 0 radical (unpaired) electrons. The van der Waals surface area contributed by atoms with E-state index in [-0.39, 0.29) is 44.1 Å². The predicted octanol–water partition coefficient (Wildman–Crippen LogP) is 16.7. The molecule has 14 aromatic rings. The Morgan fingerprint density at radius 1 is 0.470 bits per heavy atom. The maximum Gasteiger partial charge on any atom is 0.259 e. The fourth-order valence-electron chi connectivity index (χ4n) is 13.2. The minimum absolute atomic E-state index is 0.0166. The summed E-state index contributed by atoms with van der Waals surface area (Å²) >= 11 is 15.6. The minimum Gasteiger partial charge on any atom is -0.493 e. The van der Waals surface area contributed by atoms with Gasteiger partial charge in [-0.3, -0.25) is 39.1 Å². The highest BCUT2D eigenvalue weighted by Crippen LogP contribution is 2.45. The molecular formula is C83H70Cl2I2N8O20. The molecule has 2 N–H and O–H groups in total. The number of methoxy groups -OCH3 is 6. The summed E-state index contributed by atoms with van der Waals surface area (Å²) in [6.07, 6.45) is 8.57. The van der Waals surface area contributed by atoms with Gasteiger partial charge in [0.25, 0.3) is 16.7 Å². The van der Waals surface area contributed by atoms with Crippen LogP contribution in [0.1, 0.15) is 41.5 Å². The van der Waals surface area contributed by atoms with Crippen LogP contribution >= 0.6 is 68.4 Å². The number of aromatic nitrogens is 6. The van der Waals surface area contributed by atoms with Gasteiger partial charge in [-0.05, 0) is 162 Å². The molecule has 0 saturated heterocycles. The number of fused-ring (bicyclic) bond motifs is 14. The summed E-state index contributed by atoms with van der Waals surface area (Å²) in [4.78, 5) is 71.5. The van der Waals surface area contributed by atoms with Gasteiger partial charge in [0.15, 0.2) is 97.4 Å². The summed E-state index contributed by atoms with van der Waals surface area (Å²) in [6, 6.07) is 35.9. The van der Waals surface area contributed by atoms with E-state index in [0.29, 0.717) is 116 Å². The lowest BCUT2D eigenvalue weighted by molar-refractivity contribution is 0.0986. The van der Waals surface area contributed by atoms with Gasteiger partial charge >= 0.3 is 0 Å². The molecule has 11 heterocycles. The number of hydrogen-bond acceptors (Lipinski definition) is 25. The maximum atomic E-state index is 13.5. The molecule has 590 valence electrons. The van der Waals surface area contributed by atoms with E-state index >= 15 is 0 Å². The predicted molar refractivity (Wildman–Crippen MR) is 451 cm³/mol. The number of aromatic amines is 1. The summed E-state index contributed by atoms with van der Waals surface area (Å²) in [5.41, 5.74) is 7.49. The van der Waals surface area contributed by atoms with Crippen molar-refractivity contribution in [2.45, 2.75) is 27.3 Å². The first-order valence-electron chi connectivity index (χ1n) is 35.4. The molecule has 0 spiro atoms. The van der Waals surface area contributed by atoms with Gasteiger partial charge in [-0.2, -0.15) is 0 Å². The third-order valence-electron chi connectivity index (χ3n) is 18.7. The second-order valence-corrected chi connectivity index (χ2v) is 28.1. The SMILES string of the molecule is CCN(C(=O)c1cc(OC)c(OC)cc1I)c1ccnc2cc3c(cc12)OCO3.CCNc1ccnc2cc3c(cc12)OCO3.CCn1c(=O)c2cc(OC)c(OC)cc2c2cnc3cc4c(cc3c21)OCO4.COc1cc(I)c(C(=O)Cl)cc1OC.Clc1ccnc2cc3c(cc12)OCO3.O=c1cc[nH]c2cc3c(cc12)OCO3. The van der Waals surface area contributed by atoms with Crippen LogP contribution in [0.15, 0.2) is 162 Å². The monoisotopic (exact) mass is 1820 g/mol. The summed E-state index contributed by atoms with van der Waals surface area (Å²) in [7, 11) is 9.30.